The van der Waals surface area contributed by atoms with E-state index in [1.54, 1.807) is 0 Å². The lowest BCUT2D eigenvalue weighted by molar-refractivity contribution is 0.637. The van der Waals surface area contributed by atoms with Crippen molar-refractivity contribution in [2.75, 3.05) is 6.54 Å². The molecule has 0 unspecified atom stereocenters. The number of imidazole rings is 1. The lowest BCUT2D eigenvalue weighted by atomic mass is 10.2. The molecule has 2 aromatic rings. The van der Waals surface area contributed by atoms with Crippen molar-refractivity contribution in [2.45, 2.75) is 39.2 Å². The van der Waals surface area contributed by atoms with Gasteiger partial charge in [-0.05, 0) is 38.4 Å². The van der Waals surface area contributed by atoms with Gasteiger partial charge < -0.3 is 10.3 Å². The number of nitrogens with two attached hydrogens (primary N) is 1. The van der Waals surface area contributed by atoms with E-state index >= 15 is 0 Å². The lowest BCUT2D eigenvalue weighted by Crippen LogP contribution is -2.03. The molecule has 2 N–H and O–H groups in total. The van der Waals surface area contributed by atoms with Gasteiger partial charge in [-0.1, -0.05) is 24.1 Å². The second kappa shape index (κ2) is 6.21. The molecule has 0 aliphatic rings. The van der Waals surface area contributed by atoms with Crippen LogP contribution in [0.15, 0.2) is 18.2 Å². The minimum Gasteiger partial charge on any atom is -0.330 e. The van der Waals surface area contributed by atoms with Crippen molar-refractivity contribution in [2.24, 2.45) is 5.73 Å². The number of rotatable bonds is 6. The van der Waals surface area contributed by atoms with E-state index in [2.05, 4.69) is 16.5 Å². The molecule has 1 heterocycles. The Hall–Kier alpha value is -1.06. The normalized spacial score (nSPS) is 11.3. The Labute approximate surface area is 113 Å². The molecule has 0 radical (unpaired) electrons. The minimum absolute atomic E-state index is 0.774. The van der Waals surface area contributed by atoms with Crippen molar-refractivity contribution >= 4 is 22.6 Å². The predicted octanol–water partition coefficient (Wildman–Crippen LogP) is 3.38. The van der Waals surface area contributed by atoms with Gasteiger partial charge in [-0.3, -0.25) is 0 Å². The Morgan fingerprint density at radius 1 is 1.28 bits per heavy atom. The van der Waals surface area contributed by atoms with Crippen molar-refractivity contribution in [3.8, 4) is 0 Å². The van der Waals surface area contributed by atoms with E-state index in [-0.39, 0.29) is 0 Å². The average molecular weight is 266 g/mol. The summed E-state index contributed by atoms with van der Waals surface area (Å²) >= 11 is 6.26. The molecule has 0 aliphatic carbocycles. The smallest absolute Gasteiger partial charge is 0.109 e. The molecule has 0 atom stereocenters. The highest BCUT2D eigenvalue weighted by atomic mass is 35.5. The van der Waals surface area contributed by atoms with Crippen LogP contribution in [0, 0.1) is 0 Å². The van der Waals surface area contributed by atoms with Crippen molar-refractivity contribution in [3.05, 3.63) is 29.0 Å². The third-order valence-electron chi connectivity index (χ3n) is 3.22. The van der Waals surface area contributed by atoms with Gasteiger partial charge in [0.15, 0.2) is 0 Å². The molecule has 0 bridgehead atoms. The van der Waals surface area contributed by atoms with Crippen LogP contribution in [0.1, 0.15) is 32.0 Å². The number of unbranched alkanes of at least 4 members (excludes halogenated alkanes) is 2. The first kappa shape index (κ1) is 13.4. The van der Waals surface area contributed by atoms with Crippen LogP contribution < -0.4 is 5.73 Å². The molecule has 1 aromatic carbocycles. The van der Waals surface area contributed by atoms with Crippen LogP contribution in [0.3, 0.4) is 0 Å². The number of hydrogen-bond acceptors (Lipinski definition) is 2. The molecule has 98 valence electrons. The zero-order chi connectivity index (χ0) is 13.0. The van der Waals surface area contributed by atoms with Gasteiger partial charge in [0, 0.05) is 13.0 Å². The molecule has 0 amide bonds. The van der Waals surface area contributed by atoms with Crippen LogP contribution in [0.2, 0.25) is 5.02 Å². The topological polar surface area (TPSA) is 43.8 Å². The average Bonchev–Trinajstić information content (AvgIpc) is 2.73. The van der Waals surface area contributed by atoms with Gasteiger partial charge in [0.25, 0.3) is 0 Å². The second-order valence-corrected chi connectivity index (χ2v) is 4.89. The number of nitrogens with zero attached hydrogens (tertiary/aromatic N) is 2. The van der Waals surface area contributed by atoms with Crippen LogP contribution in [-0.2, 0) is 13.0 Å². The Balaban J connectivity index is 2.24. The van der Waals surface area contributed by atoms with Gasteiger partial charge in [-0.15, -0.1) is 0 Å². The summed E-state index contributed by atoms with van der Waals surface area (Å²) in [5.74, 6) is 1.14. The van der Waals surface area contributed by atoms with E-state index in [0.717, 1.165) is 60.7 Å². The molecule has 0 saturated heterocycles. The number of aryl methyl sites for hydroxylation is 2. The molecule has 1 aromatic heterocycles. The van der Waals surface area contributed by atoms with Crippen LogP contribution in [0.25, 0.3) is 11.0 Å². The molecule has 0 fully saturated rings. The van der Waals surface area contributed by atoms with Crippen LogP contribution >= 0.6 is 11.6 Å². The molecule has 2 rings (SSSR count). The van der Waals surface area contributed by atoms with Gasteiger partial charge in [-0.25, -0.2) is 4.98 Å². The Morgan fingerprint density at radius 3 is 2.83 bits per heavy atom. The summed E-state index contributed by atoms with van der Waals surface area (Å²) in [5.41, 5.74) is 7.57. The van der Waals surface area contributed by atoms with E-state index in [9.17, 15) is 0 Å². The fraction of sp³-hybridized carbons (Fsp3) is 0.500. The minimum atomic E-state index is 0.774. The van der Waals surface area contributed by atoms with E-state index in [1.807, 2.05) is 18.2 Å². The number of benzene rings is 1. The highest BCUT2D eigenvalue weighted by molar-refractivity contribution is 6.35. The van der Waals surface area contributed by atoms with Gasteiger partial charge >= 0.3 is 0 Å². The van der Waals surface area contributed by atoms with Gasteiger partial charge in [-0.2, -0.15) is 0 Å². The maximum absolute atomic E-state index is 6.26. The quantitative estimate of drug-likeness (QED) is 0.814. The van der Waals surface area contributed by atoms with Crippen molar-refractivity contribution < 1.29 is 0 Å². The summed E-state index contributed by atoms with van der Waals surface area (Å²) in [6.45, 7) is 3.82. The highest BCUT2D eigenvalue weighted by Crippen LogP contribution is 2.25. The first-order valence-electron chi connectivity index (χ1n) is 6.61. The summed E-state index contributed by atoms with van der Waals surface area (Å²) in [4.78, 5) is 4.69. The van der Waals surface area contributed by atoms with E-state index in [0.29, 0.717) is 0 Å². The number of halogens is 1. The van der Waals surface area contributed by atoms with Gasteiger partial charge in [0.2, 0.25) is 0 Å². The molecule has 18 heavy (non-hydrogen) atoms. The first-order chi connectivity index (χ1) is 8.77. The zero-order valence-corrected chi connectivity index (χ0v) is 11.6. The van der Waals surface area contributed by atoms with Crippen LogP contribution in [0.4, 0.5) is 0 Å². The lowest BCUT2D eigenvalue weighted by Gasteiger charge is -2.06. The molecule has 0 aliphatic heterocycles. The van der Waals surface area contributed by atoms with Crippen LogP contribution in [-0.4, -0.2) is 16.1 Å². The van der Waals surface area contributed by atoms with Crippen molar-refractivity contribution in [3.63, 3.8) is 0 Å². The first-order valence-corrected chi connectivity index (χ1v) is 6.99. The maximum atomic E-state index is 6.26. The number of para-hydroxylation sites is 1. The maximum Gasteiger partial charge on any atom is 0.109 e. The summed E-state index contributed by atoms with van der Waals surface area (Å²) in [6.07, 6.45) is 4.39. The second-order valence-electron chi connectivity index (χ2n) is 4.48. The number of hydrogen-bond donors (Lipinski definition) is 1. The van der Waals surface area contributed by atoms with Gasteiger partial charge in [0.1, 0.15) is 5.82 Å². The fourth-order valence-corrected chi connectivity index (χ4v) is 2.60. The van der Waals surface area contributed by atoms with Crippen LogP contribution in [0.5, 0.6) is 0 Å². The van der Waals surface area contributed by atoms with Crippen molar-refractivity contribution in [1.82, 2.24) is 9.55 Å². The zero-order valence-electron chi connectivity index (χ0n) is 10.8. The Morgan fingerprint density at radius 2 is 2.11 bits per heavy atom. The Kier molecular flexibility index (Phi) is 4.61. The molecular weight excluding hydrogens is 246 g/mol. The third-order valence-corrected chi connectivity index (χ3v) is 3.52. The highest BCUT2D eigenvalue weighted by Gasteiger charge is 2.11. The molecule has 4 heteroatoms. The summed E-state index contributed by atoms with van der Waals surface area (Å²) in [5, 5.41) is 0.787. The standard InChI is InChI=1S/C14H20ClN3/c1-2-18-13(9-4-3-5-10-16)17-12-8-6-7-11(15)14(12)18/h6-8H,2-5,9-10,16H2,1H3. The molecule has 0 saturated carbocycles. The van der Waals surface area contributed by atoms with Crippen molar-refractivity contribution in [1.29, 1.82) is 0 Å². The SMILES string of the molecule is CCn1c(CCCCCN)nc2cccc(Cl)c21. The largest absolute Gasteiger partial charge is 0.330 e. The molecular formula is C14H20ClN3. The fourth-order valence-electron chi connectivity index (χ4n) is 2.33. The van der Waals surface area contributed by atoms with E-state index in [1.165, 1.54) is 0 Å². The van der Waals surface area contributed by atoms with E-state index < -0.39 is 0 Å². The van der Waals surface area contributed by atoms with E-state index in [4.69, 9.17) is 17.3 Å². The summed E-state index contributed by atoms with van der Waals surface area (Å²) < 4.78 is 2.22. The summed E-state index contributed by atoms with van der Waals surface area (Å²) in [7, 11) is 0. The van der Waals surface area contributed by atoms with Gasteiger partial charge in [0.05, 0.1) is 16.1 Å². The molecule has 3 nitrogen and oxygen atoms in total. The monoisotopic (exact) mass is 265 g/mol. The number of fused-ring (bicyclic) bond motifs is 1. The molecule has 0 spiro atoms. The third kappa shape index (κ3) is 2.68. The predicted molar refractivity (Wildman–Crippen MR) is 77.0 cm³/mol. The number of aromatic nitrogens is 2. The Bertz CT molecular complexity index is 519. The summed E-state index contributed by atoms with van der Waals surface area (Å²) in [6, 6.07) is 5.91.